The first-order valence-corrected chi connectivity index (χ1v) is 11.4. The van der Waals surface area contributed by atoms with Crippen molar-refractivity contribution in [3.8, 4) is 11.5 Å². The van der Waals surface area contributed by atoms with E-state index >= 15 is 0 Å². The first-order valence-electron chi connectivity index (χ1n) is 9.91. The van der Waals surface area contributed by atoms with Gasteiger partial charge in [-0.05, 0) is 42.5 Å². The molecule has 0 atom stereocenters. The standard InChI is InChI=1S/C24H35O2P/c1-8-9-16-27(19-14-10-12-17(21(19)25)23(2,3)4)20-15-11-13-18(22(20)26)24(5,6)7/h10-15,25-26H,8-9,16H2,1-7H3. The van der Waals surface area contributed by atoms with E-state index in [4.69, 9.17) is 0 Å². The highest BCUT2D eigenvalue weighted by molar-refractivity contribution is 7.73. The van der Waals surface area contributed by atoms with Crippen LogP contribution in [0.25, 0.3) is 0 Å². The van der Waals surface area contributed by atoms with Gasteiger partial charge in [-0.3, -0.25) is 0 Å². The summed E-state index contributed by atoms with van der Waals surface area (Å²) in [5.74, 6) is 0.792. The molecule has 2 aromatic rings. The third-order valence-electron chi connectivity index (χ3n) is 4.96. The van der Waals surface area contributed by atoms with Gasteiger partial charge >= 0.3 is 0 Å². The van der Waals surface area contributed by atoms with Gasteiger partial charge in [-0.25, -0.2) is 0 Å². The Kier molecular flexibility index (Phi) is 6.63. The van der Waals surface area contributed by atoms with Crippen LogP contribution in [0.3, 0.4) is 0 Å². The molecular weight excluding hydrogens is 351 g/mol. The van der Waals surface area contributed by atoms with Gasteiger partial charge in [0.05, 0.1) is 0 Å². The summed E-state index contributed by atoms with van der Waals surface area (Å²) in [6, 6.07) is 12.2. The van der Waals surface area contributed by atoms with E-state index in [-0.39, 0.29) is 10.8 Å². The summed E-state index contributed by atoms with van der Waals surface area (Å²) in [4.78, 5) is 0. The summed E-state index contributed by atoms with van der Waals surface area (Å²) in [7, 11) is -0.825. The number of phenols is 2. The fourth-order valence-corrected chi connectivity index (χ4v) is 6.05. The van der Waals surface area contributed by atoms with Crippen LogP contribution in [0.4, 0.5) is 0 Å². The van der Waals surface area contributed by atoms with E-state index < -0.39 is 7.92 Å². The monoisotopic (exact) mass is 386 g/mol. The molecule has 0 fully saturated rings. The summed E-state index contributed by atoms with van der Waals surface area (Å²) >= 11 is 0. The van der Waals surface area contributed by atoms with Crippen LogP contribution in [-0.4, -0.2) is 16.4 Å². The molecule has 0 saturated carbocycles. The number of phenolic OH excluding ortho intramolecular Hbond substituents is 2. The minimum Gasteiger partial charge on any atom is -0.507 e. The fraction of sp³-hybridized carbons (Fsp3) is 0.500. The van der Waals surface area contributed by atoms with Gasteiger partial charge in [-0.15, -0.1) is 0 Å². The molecule has 0 amide bonds. The zero-order chi connectivity index (χ0) is 20.4. The second-order valence-electron chi connectivity index (χ2n) is 9.35. The molecule has 2 N–H and O–H groups in total. The van der Waals surface area contributed by atoms with Gasteiger partial charge in [-0.2, -0.15) is 0 Å². The van der Waals surface area contributed by atoms with Crippen molar-refractivity contribution in [2.45, 2.75) is 72.1 Å². The van der Waals surface area contributed by atoms with E-state index in [2.05, 4.69) is 48.5 Å². The molecule has 0 saturated heterocycles. The van der Waals surface area contributed by atoms with Crippen molar-refractivity contribution in [2.75, 3.05) is 6.16 Å². The van der Waals surface area contributed by atoms with E-state index in [0.717, 1.165) is 40.7 Å². The topological polar surface area (TPSA) is 40.5 Å². The molecule has 3 heteroatoms. The van der Waals surface area contributed by atoms with E-state index in [1.165, 1.54) is 0 Å². The van der Waals surface area contributed by atoms with Crippen molar-refractivity contribution in [1.29, 1.82) is 0 Å². The molecule has 2 aromatic carbocycles. The Balaban J connectivity index is 2.66. The van der Waals surface area contributed by atoms with Crippen molar-refractivity contribution in [2.24, 2.45) is 0 Å². The molecule has 0 aromatic heterocycles. The van der Waals surface area contributed by atoms with Crippen molar-refractivity contribution in [1.82, 2.24) is 0 Å². The maximum atomic E-state index is 11.1. The van der Waals surface area contributed by atoms with Gasteiger partial charge in [-0.1, -0.05) is 91.3 Å². The molecule has 0 aliphatic rings. The molecule has 0 unspecified atom stereocenters. The van der Waals surface area contributed by atoms with Crippen LogP contribution in [0.15, 0.2) is 36.4 Å². The smallest absolute Gasteiger partial charge is 0.127 e. The Morgan fingerprint density at radius 2 is 1.15 bits per heavy atom. The predicted octanol–water partition coefficient (Wildman–Crippen LogP) is 5.93. The highest BCUT2D eigenvalue weighted by Crippen LogP contribution is 2.45. The number of hydrogen-bond acceptors (Lipinski definition) is 2. The fourth-order valence-electron chi connectivity index (χ4n) is 3.40. The normalized spacial score (nSPS) is 12.6. The number of rotatable bonds is 5. The zero-order valence-electron chi connectivity index (χ0n) is 17.9. The van der Waals surface area contributed by atoms with Gasteiger partial charge in [0.15, 0.2) is 0 Å². The average molecular weight is 387 g/mol. The van der Waals surface area contributed by atoms with E-state index in [1.54, 1.807) is 0 Å². The Labute approximate surface area is 166 Å². The Hall–Kier alpha value is -1.53. The van der Waals surface area contributed by atoms with Gasteiger partial charge in [0.25, 0.3) is 0 Å². The van der Waals surface area contributed by atoms with Crippen molar-refractivity contribution in [3.63, 3.8) is 0 Å². The van der Waals surface area contributed by atoms with Crippen LogP contribution in [-0.2, 0) is 10.8 Å². The third-order valence-corrected chi connectivity index (χ3v) is 7.61. The van der Waals surface area contributed by atoms with Crippen molar-refractivity contribution >= 4 is 18.5 Å². The molecule has 0 spiro atoms. The second-order valence-corrected chi connectivity index (χ2v) is 11.6. The van der Waals surface area contributed by atoms with Gasteiger partial charge in [0.1, 0.15) is 11.5 Å². The Bertz CT molecular complexity index is 718. The Morgan fingerprint density at radius 1 is 0.741 bits per heavy atom. The minimum absolute atomic E-state index is 0.124. The number of benzene rings is 2. The van der Waals surface area contributed by atoms with Gasteiger partial charge < -0.3 is 10.2 Å². The molecule has 0 aliphatic heterocycles. The quantitative estimate of drug-likeness (QED) is 0.626. The van der Waals surface area contributed by atoms with Crippen LogP contribution < -0.4 is 10.6 Å². The largest absolute Gasteiger partial charge is 0.507 e. The maximum absolute atomic E-state index is 11.1. The molecule has 0 radical (unpaired) electrons. The summed E-state index contributed by atoms with van der Waals surface area (Å²) in [6.07, 6.45) is 3.14. The number of para-hydroxylation sites is 2. The summed E-state index contributed by atoms with van der Waals surface area (Å²) < 4.78 is 0. The number of unbranched alkanes of at least 4 members (excludes halogenated alkanes) is 1. The van der Waals surface area contributed by atoms with E-state index in [9.17, 15) is 10.2 Å². The number of hydrogen-bond donors (Lipinski definition) is 2. The summed E-state index contributed by atoms with van der Waals surface area (Å²) in [5, 5.41) is 24.2. The molecular formula is C24H35O2P. The SMILES string of the molecule is CCCCP(c1cccc(C(C)(C)C)c1O)c1cccc(C(C)(C)C)c1O. The van der Waals surface area contributed by atoms with E-state index in [1.807, 2.05) is 36.4 Å². The maximum Gasteiger partial charge on any atom is 0.127 e. The van der Waals surface area contributed by atoms with Crippen LogP contribution in [0, 0.1) is 0 Å². The molecule has 0 aliphatic carbocycles. The molecule has 27 heavy (non-hydrogen) atoms. The lowest BCUT2D eigenvalue weighted by molar-refractivity contribution is 0.450. The minimum atomic E-state index is -0.825. The molecule has 2 rings (SSSR count). The van der Waals surface area contributed by atoms with Gasteiger partial charge in [0.2, 0.25) is 0 Å². The first-order chi connectivity index (χ1) is 12.5. The second kappa shape index (κ2) is 8.23. The lowest BCUT2D eigenvalue weighted by atomic mass is 9.86. The molecule has 148 valence electrons. The average Bonchev–Trinajstić information content (AvgIpc) is 2.55. The van der Waals surface area contributed by atoms with Crippen LogP contribution in [0.5, 0.6) is 11.5 Å². The third kappa shape index (κ3) is 4.85. The van der Waals surface area contributed by atoms with Crippen LogP contribution in [0.2, 0.25) is 0 Å². The molecule has 0 bridgehead atoms. The highest BCUT2D eigenvalue weighted by Gasteiger charge is 2.27. The number of aromatic hydroxyl groups is 2. The Morgan fingerprint density at radius 3 is 1.48 bits per heavy atom. The summed E-state index contributed by atoms with van der Waals surface area (Å²) in [6.45, 7) is 14.9. The molecule has 0 heterocycles. The zero-order valence-corrected chi connectivity index (χ0v) is 18.8. The van der Waals surface area contributed by atoms with Crippen LogP contribution in [0.1, 0.15) is 72.4 Å². The van der Waals surface area contributed by atoms with Crippen LogP contribution >= 0.6 is 7.92 Å². The lowest BCUT2D eigenvalue weighted by Crippen LogP contribution is -2.21. The molecule has 2 nitrogen and oxygen atoms in total. The predicted molar refractivity (Wildman–Crippen MR) is 120 cm³/mol. The highest BCUT2D eigenvalue weighted by atomic mass is 31.1. The summed E-state index contributed by atoms with van der Waals surface area (Å²) in [5.41, 5.74) is 1.69. The van der Waals surface area contributed by atoms with Crippen molar-refractivity contribution < 1.29 is 10.2 Å². The van der Waals surface area contributed by atoms with Gasteiger partial charge in [0, 0.05) is 10.6 Å². The van der Waals surface area contributed by atoms with E-state index in [0.29, 0.717) is 11.5 Å². The van der Waals surface area contributed by atoms with Crippen molar-refractivity contribution in [3.05, 3.63) is 47.5 Å². The lowest BCUT2D eigenvalue weighted by Gasteiger charge is -2.28. The first kappa shape index (κ1) is 21.8.